The Morgan fingerprint density at radius 1 is 1.24 bits per heavy atom. The summed E-state index contributed by atoms with van der Waals surface area (Å²) in [4.78, 5) is 24.2. The maximum absolute atomic E-state index is 12.1. The molecule has 2 aliphatic heterocycles. The fourth-order valence-electron chi connectivity index (χ4n) is 4.01. The standard InChI is InChI=1S/C16H20O5/c1-8-9(2)16(11-5-6-11,21-13(8)18)15(4)7-20-14(19)12(15)10(3)17/h11,17H,5-7H2,1-4H3/b12-10+/t15-,16?/m1/s1. The van der Waals surface area contributed by atoms with Gasteiger partial charge < -0.3 is 14.6 Å². The van der Waals surface area contributed by atoms with Crippen molar-refractivity contribution >= 4 is 11.9 Å². The minimum Gasteiger partial charge on any atom is -0.512 e. The summed E-state index contributed by atoms with van der Waals surface area (Å²) in [6, 6.07) is 0. The highest BCUT2D eigenvalue weighted by atomic mass is 16.6. The third kappa shape index (κ3) is 1.57. The molecule has 0 aromatic rings. The van der Waals surface area contributed by atoms with Crippen LogP contribution in [0.1, 0.15) is 40.5 Å². The summed E-state index contributed by atoms with van der Waals surface area (Å²) in [5.41, 5.74) is -0.0375. The first-order valence-electron chi connectivity index (χ1n) is 7.24. The van der Waals surface area contributed by atoms with Crippen LogP contribution in [0.4, 0.5) is 0 Å². The summed E-state index contributed by atoms with van der Waals surface area (Å²) in [5, 5.41) is 9.98. The molecule has 0 amide bonds. The first kappa shape index (κ1) is 14.2. The average molecular weight is 292 g/mol. The number of aliphatic hydroxyl groups is 1. The molecule has 1 unspecified atom stereocenters. The van der Waals surface area contributed by atoms with Crippen LogP contribution < -0.4 is 0 Å². The number of cyclic esters (lactones) is 2. The minimum atomic E-state index is -0.875. The zero-order valence-electron chi connectivity index (χ0n) is 12.8. The van der Waals surface area contributed by atoms with Gasteiger partial charge in [0, 0.05) is 11.5 Å². The quantitative estimate of drug-likeness (QED) is 0.481. The number of allylic oxidation sites excluding steroid dienone is 1. The molecule has 1 saturated heterocycles. The number of hydrogen-bond donors (Lipinski definition) is 1. The number of carbonyl (C=O) groups is 2. The van der Waals surface area contributed by atoms with Gasteiger partial charge in [-0.2, -0.15) is 0 Å². The Hall–Kier alpha value is -1.78. The second-order valence-electron chi connectivity index (χ2n) is 6.52. The lowest BCUT2D eigenvalue weighted by Gasteiger charge is -2.43. The van der Waals surface area contributed by atoms with Crippen molar-refractivity contribution in [3.05, 3.63) is 22.5 Å². The van der Waals surface area contributed by atoms with Crippen molar-refractivity contribution in [1.82, 2.24) is 0 Å². The lowest BCUT2D eigenvalue weighted by atomic mass is 9.63. The summed E-state index contributed by atoms with van der Waals surface area (Å²) in [5.74, 6) is -0.748. The molecular formula is C16H20O5. The van der Waals surface area contributed by atoms with Crippen LogP contribution in [0.3, 0.4) is 0 Å². The van der Waals surface area contributed by atoms with E-state index in [4.69, 9.17) is 9.47 Å². The van der Waals surface area contributed by atoms with Gasteiger partial charge in [-0.15, -0.1) is 0 Å². The van der Waals surface area contributed by atoms with Crippen LogP contribution in [0.15, 0.2) is 22.5 Å². The molecule has 3 rings (SSSR count). The molecule has 0 aromatic carbocycles. The zero-order valence-corrected chi connectivity index (χ0v) is 12.8. The Morgan fingerprint density at radius 2 is 1.86 bits per heavy atom. The largest absolute Gasteiger partial charge is 0.512 e. The lowest BCUT2D eigenvalue weighted by Crippen LogP contribution is -2.52. The van der Waals surface area contributed by atoms with Crippen LogP contribution in [-0.2, 0) is 19.1 Å². The van der Waals surface area contributed by atoms with Crippen LogP contribution in [0.2, 0.25) is 0 Å². The topological polar surface area (TPSA) is 72.8 Å². The molecule has 114 valence electrons. The monoisotopic (exact) mass is 292 g/mol. The van der Waals surface area contributed by atoms with Crippen molar-refractivity contribution in [2.75, 3.05) is 6.61 Å². The van der Waals surface area contributed by atoms with E-state index in [-0.39, 0.29) is 29.8 Å². The highest BCUT2D eigenvalue weighted by molar-refractivity contribution is 5.96. The highest BCUT2D eigenvalue weighted by Gasteiger charge is 2.68. The number of esters is 2. The van der Waals surface area contributed by atoms with Gasteiger partial charge in [0.25, 0.3) is 0 Å². The predicted octanol–water partition coefficient (Wildman–Crippen LogP) is 2.42. The van der Waals surface area contributed by atoms with Crippen LogP contribution in [0.5, 0.6) is 0 Å². The molecule has 0 spiro atoms. The summed E-state index contributed by atoms with van der Waals surface area (Å²) in [6.45, 7) is 7.08. The van der Waals surface area contributed by atoms with E-state index in [1.165, 1.54) is 6.92 Å². The number of aliphatic hydroxyl groups excluding tert-OH is 1. The van der Waals surface area contributed by atoms with Crippen molar-refractivity contribution in [3.63, 3.8) is 0 Å². The molecule has 5 nitrogen and oxygen atoms in total. The van der Waals surface area contributed by atoms with E-state index in [1.54, 1.807) is 6.92 Å². The van der Waals surface area contributed by atoms with Crippen LogP contribution in [-0.4, -0.2) is 29.3 Å². The molecular weight excluding hydrogens is 272 g/mol. The fraction of sp³-hybridized carbons (Fsp3) is 0.625. The van der Waals surface area contributed by atoms with E-state index in [1.807, 2.05) is 13.8 Å². The summed E-state index contributed by atoms with van der Waals surface area (Å²) in [6.07, 6.45) is 1.89. The normalized spacial score (nSPS) is 38.7. The SMILES string of the molecule is CC1=C(C)C(C2CC2)([C@]2(C)COC(=O)/C2=C(/C)O)OC1=O. The van der Waals surface area contributed by atoms with Gasteiger partial charge in [-0.3, -0.25) is 0 Å². The smallest absolute Gasteiger partial charge is 0.338 e. The van der Waals surface area contributed by atoms with Gasteiger partial charge in [-0.05, 0) is 46.1 Å². The van der Waals surface area contributed by atoms with Gasteiger partial charge in [0.1, 0.15) is 18.0 Å². The maximum atomic E-state index is 12.1. The summed E-state index contributed by atoms with van der Waals surface area (Å²) >= 11 is 0. The molecule has 0 aromatic heterocycles. The van der Waals surface area contributed by atoms with Crippen molar-refractivity contribution in [2.24, 2.45) is 11.3 Å². The third-order valence-corrected chi connectivity index (χ3v) is 5.26. The van der Waals surface area contributed by atoms with Gasteiger partial charge in [-0.1, -0.05) is 0 Å². The number of ether oxygens (including phenoxy) is 2. The second-order valence-corrected chi connectivity index (χ2v) is 6.52. The Bertz CT molecular complexity index is 606. The number of hydrogen-bond acceptors (Lipinski definition) is 5. The fourth-order valence-corrected chi connectivity index (χ4v) is 4.01. The van der Waals surface area contributed by atoms with Gasteiger partial charge in [0.15, 0.2) is 0 Å². The Labute approximate surface area is 123 Å². The van der Waals surface area contributed by atoms with Gasteiger partial charge in [-0.25, -0.2) is 9.59 Å². The van der Waals surface area contributed by atoms with Crippen molar-refractivity contribution in [1.29, 1.82) is 0 Å². The summed E-state index contributed by atoms with van der Waals surface area (Å²) < 4.78 is 11.0. The Kier molecular flexibility index (Phi) is 2.78. The Balaban J connectivity index is 2.23. The van der Waals surface area contributed by atoms with Gasteiger partial charge in [0.2, 0.25) is 0 Å². The lowest BCUT2D eigenvalue weighted by molar-refractivity contribution is -0.159. The molecule has 0 bridgehead atoms. The van der Waals surface area contributed by atoms with E-state index in [9.17, 15) is 14.7 Å². The molecule has 2 fully saturated rings. The van der Waals surface area contributed by atoms with E-state index >= 15 is 0 Å². The molecule has 21 heavy (non-hydrogen) atoms. The molecule has 0 radical (unpaired) electrons. The predicted molar refractivity (Wildman–Crippen MR) is 74.3 cm³/mol. The first-order valence-corrected chi connectivity index (χ1v) is 7.24. The molecule has 2 heterocycles. The zero-order chi connectivity index (χ0) is 15.6. The highest BCUT2D eigenvalue weighted by Crippen LogP contribution is 2.62. The van der Waals surface area contributed by atoms with Crippen molar-refractivity contribution < 1.29 is 24.2 Å². The van der Waals surface area contributed by atoms with E-state index in [0.29, 0.717) is 5.57 Å². The Morgan fingerprint density at radius 3 is 2.29 bits per heavy atom. The van der Waals surface area contributed by atoms with Crippen molar-refractivity contribution in [3.8, 4) is 0 Å². The van der Waals surface area contributed by atoms with Crippen molar-refractivity contribution in [2.45, 2.75) is 46.1 Å². The molecule has 1 saturated carbocycles. The van der Waals surface area contributed by atoms with E-state index in [2.05, 4.69) is 0 Å². The molecule has 3 aliphatic rings. The molecule has 1 aliphatic carbocycles. The van der Waals surface area contributed by atoms with E-state index < -0.39 is 17.0 Å². The van der Waals surface area contributed by atoms with Gasteiger partial charge in [0.05, 0.1) is 11.0 Å². The van der Waals surface area contributed by atoms with Gasteiger partial charge >= 0.3 is 11.9 Å². The van der Waals surface area contributed by atoms with Crippen LogP contribution >= 0.6 is 0 Å². The average Bonchev–Trinajstić information content (AvgIpc) is 3.16. The third-order valence-electron chi connectivity index (χ3n) is 5.26. The molecule has 5 heteroatoms. The molecule has 2 atom stereocenters. The summed E-state index contributed by atoms with van der Waals surface area (Å²) in [7, 11) is 0. The van der Waals surface area contributed by atoms with Crippen LogP contribution in [0.25, 0.3) is 0 Å². The van der Waals surface area contributed by atoms with Crippen LogP contribution in [0, 0.1) is 11.3 Å². The molecule has 1 N–H and O–H groups in total. The number of rotatable bonds is 2. The minimum absolute atomic E-state index is 0.0616. The maximum Gasteiger partial charge on any atom is 0.338 e. The first-order chi connectivity index (χ1) is 9.75. The van der Waals surface area contributed by atoms with E-state index in [0.717, 1.165) is 18.4 Å². The number of carbonyl (C=O) groups excluding carboxylic acids is 2. The second kappa shape index (κ2) is 4.12.